The highest BCUT2D eigenvalue weighted by atomic mass is 15.3. The fourth-order valence-corrected chi connectivity index (χ4v) is 3.93. The van der Waals surface area contributed by atoms with Crippen molar-refractivity contribution in [2.75, 3.05) is 5.32 Å². The molecule has 0 spiro atoms. The van der Waals surface area contributed by atoms with E-state index in [0.717, 1.165) is 23.4 Å². The Balaban J connectivity index is 1.49. The number of aromatic nitrogens is 2. The van der Waals surface area contributed by atoms with Crippen LogP contribution >= 0.6 is 0 Å². The van der Waals surface area contributed by atoms with Crippen LogP contribution in [0.5, 0.6) is 0 Å². The van der Waals surface area contributed by atoms with Crippen LogP contribution in [-0.2, 0) is 0 Å². The summed E-state index contributed by atoms with van der Waals surface area (Å²) < 4.78 is 1.90. The number of nitrogens with zero attached hydrogens (tertiary/aromatic N) is 2. The minimum absolute atomic E-state index is 0.512. The Morgan fingerprint density at radius 2 is 2.19 bits per heavy atom. The zero-order valence-corrected chi connectivity index (χ0v) is 12.3. The first-order chi connectivity index (χ1) is 10.3. The molecule has 2 bridgehead atoms. The maximum atomic E-state index is 4.30. The van der Waals surface area contributed by atoms with Crippen molar-refractivity contribution in [1.82, 2.24) is 9.78 Å². The lowest BCUT2D eigenvalue weighted by atomic mass is 9.87. The van der Waals surface area contributed by atoms with Crippen LogP contribution in [0.3, 0.4) is 0 Å². The van der Waals surface area contributed by atoms with Gasteiger partial charge in [-0.25, -0.2) is 4.68 Å². The largest absolute Gasteiger partial charge is 0.382 e. The van der Waals surface area contributed by atoms with E-state index < -0.39 is 0 Å². The molecular weight excluding hydrogens is 258 g/mol. The Morgan fingerprint density at radius 3 is 2.90 bits per heavy atom. The lowest BCUT2D eigenvalue weighted by molar-refractivity contribution is 0.400. The van der Waals surface area contributed by atoms with Crippen molar-refractivity contribution in [1.29, 1.82) is 0 Å². The molecule has 3 nitrogen and oxygen atoms in total. The molecule has 1 fully saturated rings. The highest BCUT2D eigenvalue weighted by molar-refractivity contribution is 5.51. The van der Waals surface area contributed by atoms with Crippen molar-refractivity contribution >= 4 is 5.69 Å². The van der Waals surface area contributed by atoms with E-state index in [1.165, 1.54) is 18.5 Å². The Morgan fingerprint density at radius 1 is 1.24 bits per heavy atom. The summed E-state index contributed by atoms with van der Waals surface area (Å²) in [6, 6.07) is 11.0. The molecule has 21 heavy (non-hydrogen) atoms. The SMILES string of the molecule is CC(Nc1cccc(-n2cccn2)c1)C1CC2C=CC1C2. The molecule has 2 aliphatic carbocycles. The second kappa shape index (κ2) is 5.06. The third-order valence-corrected chi connectivity index (χ3v) is 4.98. The van der Waals surface area contributed by atoms with Gasteiger partial charge < -0.3 is 5.32 Å². The van der Waals surface area contributed by atoms with E-state index in [2.05, 4.69) is 53.8 Å². The van der Waals surface area contributed by atoms with Gasteiger partial charge in [0.15, 0.2) is 0 Å². The number of rotatable bonds is 4. The lowest BCUT2D eigenvalue weighted by Crippen LogP contribution is -2.28. The standard InChI is InChI=1S/C18H21N3/c1-13(18-11-14-6-7-15(18)10-14)20-16-4-2-5-17(12-16)21-9-3-8-19-21/h2-9,12-15,18,20H,10-11H2,1H3. The molecule has 3 heteroatoms. The molecule has 0 radical (unpaired) electrons. The van der Waals surface area contributed by atoms with Crippen LogP contribution < -0.4 is 5.32 Å². The Hall–Kier alpha value is -2.03. The van der Waals surface area contributed by atoms with Gasteiger partial charge in [0, 0.05) is 24.1 Å². The second-order valence-electron chi connectivity index (χ2n) is 6.38. The number of hydrogen-bond acceptors (Lipinski definition) is 2. The van der Waals surface area contributed by atoms with E-state index in [-0.39, 0.29) is 0 Å². The van der Waals surface area contributed by atoms with Crippen molar-refractivity contribution in [3.05, 3.63) is 54.9 Å². The van der Waals surface area contributed by atoms with E-state index in [0.29, 0.717) is 6.04 Å². The molecule has 0 aliphatic heterocycles. The van der Waals surface area contributed by atoms with Gasteiger partial charge in [0.2, 0.25) is 0 Å². The quantitative estimate of drug-likeness (QED) is 0.861. The molecule has 1 saturated carbocycles. The fraction of sp³-hybridized carbons (Fsp3) is 0.389. The van der Waals surface area contributed by atoms with Gasteiger partial charge >= 0.3 is 0 Å². The van der Waals surface area contributed by atoms with E-state index >= 15 is 0 Å². The van der Waals surface area contributed by atoms with Crippen molar-refractivity contribution in [2.45, 2.75) is 25.8 Å². The van der Waals surface area contributed by atoms with Crippen molar-refractivity contribution in [2.24, 2.45) is 17.8 Å². The molecule has 4 unspecified atom stereocenters. The predicted molar refractivity (Wildman–Crippen MR) is 85.5 cm³/mol. The summed E-state index contributed by atoms with van der Waals surface area (Å²) in [4.78, 5) is 0. The number of nitrogens with one attached hydrogen (secondary N) is 1. The average Bonchev–Trinajstić information content (AvgIpc) is 3.24. The van der Waals surface area contributed by atoms with E-state index in [9.17, 15) is 0 Å². The Kier molecular flexibility index (Phi) is 3.06. The van der Waals surface area contributed by atoms with Gasteiger partial charge in [-0.3, -0.25) is 0 Å². The Bertz CT molecular complexity index is 644. The molecule has 2 aromatic rings. The number of fused-ring (bicyclic) bond motifs is 2. The monoisotopic (exact) mass is 279 g/mol. The summed E-state index contributed by atoms with van der Waals surface area (Å²) in [5.74, 6) is 2.39. The van der Waals surface area contributed by atoms with Crippen LogP contribution in [0.1, 0.15) is 19.8 Å². The van der Waals surface area contributed by atoms with Gasteiger partial charge in [-0.15, -0.1) is 0 Å². The van der Waals surface area contributed by atoms with Crippen molar-refractivity contribution < 1.29 is 0 Å². The summed E-state index contributed by atoms with van der Waals surface area (Å²) in [7, 11) is 0. The lowest BCUT2D eigenvalue weighted by Gasteiger charge is -2.27. The van der Waals surface area contributed by atoms with Gasteiger partial charge in [-0.1, -0.05) is 18.2 Å². The summed E-state index contributed by atoms with van der Waals surface area (Å²) in [5.41, 5.74) is 2.28. The molecule has 0 amide bonds. The zero-order chi connectivity index (χ0) is 14.2. The second-order valence-corrected chi connectivity index (χ2v) is 6.38. The van der Waals surface area contributed by atoms with Crippen molar-refractivity contribution in [3.8, 4) is 5.69 Å². The highest BCUT2D eigenvalue weighted by Crippen LogP contribution is 2.45. The number of hydrogen-bond donors (Lipinski definition) is 1. The van der Waals surface area contributed by atoms with Gasteiger partial charge in [-0.2, -0.15) is 5.10 Å². The van der Waals surface area contributed by atoms with Gasteiger partial charge in [0.1, 0.15) is 0 Å². The number of anilines is 1. The van der Waals surface area contributed by atoms with Gasteiger partial charge in [0.25, 0.3) is 0 Å². The van der Waals surface area contributed by atoms with Crippen LogP contribution in [0, 0.1) is 17.8 Å². The molecule has 108 valence electrons. The molecule has 1 aromatic heterocycles. The third kappa shape index (κ3) is 2.37. The molecular formula is C18H21N3. The third-order valence-electron chi connectivity index (χ3n) is 4.98. The predicted octanol–water partition coefficient (Wildman–Crippen LogP) is 3.88. The molecule has 1 N–H and O–H groups in total. The number of allylic oxidation sites excluding steroid dienone is 2. The van der Waals surface area contributed by atoms with Crippen LogP contribution in [0.2, 0.25) is 0 Å². The molecule has 1 aromatic carbocycles. The number of benzene rings is 1. The van der Waals surface area contributed by atoms with Crippen LogP contribution in [0.15, 0.2) is 54.9 Å². The molecule has 0 saturated heterocycles. The van der Waals surface area contributed by atoms with Gasteiger partial charge in [0.05, 0.1) is 5.69 Å². The summed E-state index contributed by atoms with van der Waals surface area (Å²) in [6.45, 7) is 2.32. The smallest absolute Gasteiger partial charge is 0.0666 e. The molecule has 2 aliphatic rings. The summed E-state index contributed by atoms with van der Waals surface area (Å²) in [5, 5.41) is 7.99. The molecule has 4 atom stereocenters. The normalized spacial score (nSPS) is 28.0. The van der Waals surface area contributed by atoms with Crippen LogP contribution in [-0.4, -0.2) is 15.8 Å². The highest BCUT2D eigenvalue weighted by Gasteiger charge is 2.38. The molecule has 4 rings (SSSR count). The average molecular weight is 279 g/mol. The van der Waals surface area contributed by atoms with E-state index in [1.807, 2.05) is 23.1 Å². The zero-order valence-electron chi connectivity index (χ0n) is 12.3. The minimum atomic E-state index is 0.512. The fourth-order valence-electron chi connectivity index (χ4n) is 3.93. The van der Waals surface area contributed by atoms with Crippen molar-refractivity contribution in [3.63, 3.8) is 0 Å². The van der Waals surface area contributed by atoms with Crippen LogP contribution in [0.25, 0.3) is 5.69 Å². The maximum absolute atomic E-state index is 4.30. The summed E-state index contributed by atoms with van der Waals surface area (Å²) in [6.07, 6.45) is 11.3. The van der Waals surface area contributed by atoms with Gasteiger partial charge in [-0.05, 0) is 61.8 Å². The summed E-state index contributed by atoms with van der Waals surface area (Å²) >= 11 is 0. The molecule has 1 heterocycles. The first kappa shape index (κ1) is 12.7. The Labute approximate surface area is 125 Å². The first-order valence-corrected chi connectivity index (χ1v) is 7.84. The van der Waals surface area contributed by atoms with E-state index in [4.69, 9.17) is 0 Å². The van der Waals surface area contributed by atoms with Crippen LogP contribution in [0.4, 0.5) is 5.69 Å². The minimum Gasteiger partial charge on any atom is -0.382 e. The van der Waals surface area contributed by atoms with E-state index in [1.54, 1.807) is 0 Å². The maximum Gasteiger partial charge on any atom is 0.0666 e. The topological polar surface area (TPSA) is 29.9 Å². The first-order valence-electron chi connectivity index (χ1n) is 7.84.